The van der Waals surface area contributed by atoms with Crippen LogP contribution in [-0.2, 0) is 4.79 Å². The molecule has 0 fully saturated rings. The van der Waals surface area contributed by atoms with Crippen LogP contribution in [0.1, 0.15) is 0 Å². The maximum Gasteiger partial charge on any atom is 0.243 e. The first-order valence-corrected chi connectivity index (χ1v) is 7.76. The van der Waals surface area contributed by atoms with E-state index in [9.17, 15) is 4.79 Å². The average molecular weight is 302 g/mol. The van der Waals surface area contributed by atoms with Crippen LogP contribution in [-0.4, -0.2) is 25.8 Å². The van der Waals surface area contributed by atoms with Crippen LogP contribution in [0.15, 0.2) is 53.4 Å². The lowest BCUT2D eigenvalue weighted by Gasteiger charge is -2.11. The van der Waals surface area contributed by atoms with Gasteiger partial charge in [-0.05, 0) is 42.7 Å². The molecule has 110 valence electrons. The van der Waals surface area contributed by atoms with E-state index in [1.165, 1.54) is 0 Å². The summed E-state index contributed by atoms with van der Waals surface area (Å²) in [6.07, 6.45) is 2.01. The third-order valence-corrected chi connectivity index (χ3v) is 3.72. The van der Waals surface area contributed by atoms with Crippen molar-refractivity contribution >= 4 is 29.0 Å². The second-order valence-electron chi connectivity index (χ2n) is 4.33. The zero-order chi connectivity index (χ0) is 15.1. The summed E-state index contributed by atoms with van der Waals surface area (Å²) in [5.74, 6) is 0.677. The molecule has 0 spiro atoms. The zero-order valence-corrected chi connectivity index (χ0v) is 12.9. The molecule has 2 rings (SSSR count). The number of benzene rings is 2. The minimum absolute atomic E-state index is 0.0870. The first kappa shape index (κ1) is 15.3. The van der Waals surface area contributed by atoms with Crippen molar-refractivity contribution < 1.29 is 9.53 Å². The number of carbonyl (C=O) groups is 1. The summed E-state index contributed by atoms with van der Waals surface area (Å²) in [4.78, 5) is 13.0. The van der Waals surface area contributed by atoms with Gasteiger partial charge in [0.2, 0.25) is 5.91 Å². The van der Waals surface area contributed by atoms with E-state index >= 15 is 0 Å². The standard InChI is InChI=1S/C16H18N2O2S/c1-20-13-9-7-12(8-10-13)18-16(19)11-17-14-5-3-4-6-15(14)21-2/h3-10,17H,11H2,1-2H3,(H,18,19). The van der Waals surface area contributed by atoms with Crippen molar-refractivity contribution in [3.63, 3.8) is 0 Å². The quantitative estimate of drug-likeness (QED) is 0.802. The first-order valence-electron chi connectivity index (χ1n) is 6.53. The van der Waals surface area contributed by atoms with Gasteiger partial charge in [0.05, 0.1) is 13.7 Å². The highest BCUT2D eigenvalue weighted by atomic mass is 32.2. The molecule has 5 heteroatoms. The molecule has 0 aromatic heterocycles. The molecule has 21 heavy (non-hydrogen) atoms. The Morgan fingerprint density at radius 3 is 2.52 bits per heavy atom. The van der Waals surface area contributed by atoms with Crippen LogP contribution in [0, 0.1) is 0 Å². The second-order valence-corrected chi connectivity index (χ2v) is 5.18. The summed E-state index contributed by atoms with van der Waals surface area (Å²) in [6.45, 7) is 0.226. The highest BCUT2D eigenvalue weighted by Gasteiger charge is 2.05. The molecular weight excluding hydrogens is 284 g/mol. The molecule has 2 N–H and O–H groups in total. The van der Waals surface area contributed by atoms with Gasteiger partial charge < -0.3 is 15.4 Å². The first-order chi connectivity index (χ1) is 10.2. The van der Waals surface area contributed by atoms with Crippen LogP contribution < -0.4 is 15.4 Å². The molecule has 0 radical (unpaired) electrons. The van der Waals surface area contributed by atoms with Crippen LogP contribution in [0.3, 0.4) is 0 Å². The van der Waals surface area contributed by atoms with E-state index in [2.05, 4.69) is 10.6 Å². The molecule has 0 saturated heterocycles. The molecule has 0 aliphatic heterocycles. The van der Waals surface area contributed by atoms with Gasteiger partial charge in [-0.25, -0.2) is 0 Å². The topological polar surface area (TPSA) is 50.4 Å². The van der Waals surface area contributed by atoms with Crippen molar-refractivity contribution in [1.29, 1.82) is 0 Å². The van der Waals surface area contributed by atoms with Crippen LogP contribution in [0.25, 0.3) is 0 Å². The van der Waals surface area contributed by atoms with E-state index in [1.807, 2.05) is 54.8 Å². The van der Waals surface area contributed by atoms with Crippen LogP contribution in [0.5, 0.6) is 5.75 Å². The van der Waals surface area contributed by atoms with E-state index in [4.69, 9.17) is 4.74 Å². The second kappa shape index (κ2) is 7.59. The number of hydrogen-bond acceptors (Lipinski definition) is 4. The summed E-state index contributed by atoms with van der Waals surface area (Å²) in [5, 5.41) is 5.99. The Morgan fingerprint density at radius 2 is 1.86 bits per heavy atom. The van der Waals surface area contributed by atoms with E-state index in [0.29, 0.717) is 0 Å². The summed E-state index contributed by atoms with van der Waals surface area (Å²) in [7, 11) is 1.61. The van der Waals surface area contributed by atoms with Gasteiger partial charge in [-0.15, -0.1) is 11.8 Å². The fraction of sp³-hybridized carbons (Fsp3) is 0.188. The predicted molar refractivity (Wildman–Crippen MR) is 88.3 cm³/mol. The highest BCUT2D eigenvalue weighted by Crippen LogP contribution is 2.24. The van der Waals surface area contributed by atoms with Crippen LogP contribution in [0.4, 0.5) is 11.4 Å². The Labute approximate surface area is 128 Å². The third kappa shape index (κ3) is 4.43. The van der Waals surface area contributed by atoms with Gasteiger partial charge in [0, 0.05) is 16.3 Å². The summed E-state index contributed by atoms with van der Waals surface area (Å²) in [5.41, 5.74) is 1.72. The molecule has 4 nitrogen and oxygen atoms in total. The number of carbonyl (C=O) groups excluding carboxylic acids is 1. The number of amides is 1. The predicted octanol–water partition coefficient (Wildman–Crippen LogP) is 3.47. The third-order valence-electron chi connectivity index (χ3n) is 2.92. The molecule has 2 aromatic carbocycles. The van der Waals surface area contributed by atoms with Crippen molar-refractivity contribution in [3.05, 3.63) is 48.5 Å². The Balaban J connectivity index is 1.89. The summed E-state index contributed by atoms with van der Waals surface area (Å²) < 4.78 is 5.08. The van der Waals surface area contributed by atoms with Crippen molar-refractivity contribution in [3.8, 4) is 5.75 Å². The van der Waals surface area contributed by atoms with Crippen molar-refractivity contribution in [2.75, 3.05) is 30.5 Å². The fourth-order valence-corrected chi connectivity index (χ4v) is 2.42. The van der Waals surface area contributed by atoms with Gasteiger partial charge in [-0.2, -0.15) is 0 Å². The monoisotopic (exact) mass is 302 g/mol. The minimum Gasteiger partial charge on any atom is -0.497 e. The van der Waals surface area contributed by atoms with Gasteiger partial charge in [-0.1, -0.05) is 12.1 Å². The number of rotatable bonds is 6. The molecule has 0 unspecified atom stereocenters. The molecule has 2 aromatic rings. The molecular formula is C16H18N2O2S. The Hall–Kier alpha value is -2.14. The van der Waals surface area contributed by atoms with Gasteiger partial charge in [-0.3, -0.25) is 4.79 Å². The molecule has 0 saturated carbocycles. The van der Waals surface area contributed by atoms with Crippen molar-refractivity contribution in [2.45, 2.75) is 4.90 Å². The molecule has 0 heterocycles. The number of methoxy groups -OCH3 is 1. The number of hydrogen-bond donors (Lipinski definition) is 2. The van der Waals surface area contributed by atoms with E-state index in [1.54, 1.807) is 18.9 Å². The van der Waals surface area contributed by atoms with E-state index < -0.39 is 0 Å². The molecule has 0 atom stereocenters. The average Bonchev–Trinajstić information content (AvgIpc) is 2.54. The van der Waals surface area contributed by atoms with Crippen LogP contribution in [0.2, 0.25) is 0 Å². The fourth-order valence-electron chi connectivity index (χ4n) is 1.85. The number of nitrogens with one attached hydrogen (secondary N) is 2. The molecule has 0 bridgehead atoms. The summed E-state index contributed by atoms with van der Waals surface area (Å²) >= 11 is 1.65. The van der Waals surface area contributed by atoms with Crippen molar-refractivity contribution in [2.24, 2.45) is 0 Å². The Bertz CT molecular complexity index is 599. The maximum atomic E-state index is 11.9. The zero-order valence-electron chi connectivity index (χ0n) is 12.1. The summed E-state index contributed by atoms with van der Waals surface area (Å²) in [6, 6.07) is 15.2. The Kier molecular flexibility index (Phi) is 5.51. The lowest BCUT2D eigenvalue weighted by atomic mass is 10.3. The smallest absolute Gasteiger partial charge is 0.243 e. The van der Waals surface area contributed by atoms with Gasteiger partial charge in [0.15, 0.2) is 0 Å². The number of ether oxygens (including phenoxy) is 1. The lowest BCUT2D eigenvalue weighted by molar-refractivity contribution is -0.114. The van der Waals surface area contributed by atoms with Crippen molar-refractivity contribution in [1.82, 2.24) is 0 Å². The molecule has 0 aliphatic carbocycles. The van der Waals surface area contributed by atoms with E-state index in [-0.39, 0.29) is 12.5 Å². The molecule has 1 amide bonds. The normalized spacial score (nSPS) is 10.0. The molecule has 0 aliphatic rings. The van der Waals surface area contributed by atoms with E-state index in [0.717, 1.165) is 22.0 Å². The van der Waals surface area contributed by atoms with Gasteiger partial charge in [0.1, 0.15) is 5.75 Å². The lowest BCUT2D eigenvalue weighted by Crippen LogP contribution is -2.21. The number of anilines is 2. The largest absolute Gasteiger partial charge is 0.497 e. The van der Waals surface area contributed by atoms with Gasteiger partial charge in [0.25, 0.3) is 0 Å². The number of thioether (sulfide) groups is 1. The SMILES string of the molecule is COc1ccc(NC(=O)CNc2ccccc2SC)cc1. The maximum absolute atomic E-state index is 11.9. The minimum atomic E-state index is -0.0870. The number of para-hydroxylation sites is 1. The van der Waals surface area contributed by atoms with Crippen LogP contribution >= 0.6 is 11.8 Å². The van der Waals surface area contributed by atoms with Gasteiger partial charge >= 0.3 is 0 Å². The highest BCUT2D eigenvalue weighted by molar-refractivity contribution is 7.98. The Morgan fingerprint density at radius 1 is 1.14 bits per heavy atom.